The first-order chi connectivity index (χ1) is 23.4. The first kappa shape index (κ1) is 36.2. The van der Waals surface area contributed by atoms with Crippen LogP contribution in [0, 0.1) is 12.8 Å². The predicted molar refractivity (Wildman–Crippen MR) is 191 cm³/mol. The molecule has 49 heavy (non-hydrogen) atoms. The summed E-state index contributed by atoms with van der Waals surface area (Å²) >= 11 is 1.62. The van der Waals surface area contributed by atoms with Gasteiger partial charge in [0.05, 0.1) is 29.2 Å². The number of nitrogens with one attached hydrogen (secondary N) is 1. The topological polar surface area (TPSA) is 129 Å². The first-order valence-electron chi connectivity index (χ1n) is 16.4. The van der Waals surface area contributed by atoms with E-state index in [1.54, 1.807) is 52.6 Å². The molecule has 260 valence electrons. The van der Waals surface area contributed by atoms with E-state index in [9.17, 15) is 23.1 Å². The number of aromatic nitrogens is 1. The zero-order chi connectivity index (χ0) is 35.1. The lowest BCUT2D eigenvalue weighted by atomic mass is 10.00. The number of nitrogens with zero attached hydrogens (tertiary/aromatic N) is 3. The van der Waals surface area contributed by atoms with Gasteiger partial charge in [-0.2, -0.15) is 4.31 Å². The van der Waals surface area contributed by atoms with Gasteiger partial charge in [-0.05, 0) is 73.7 Å². The molecular weight excluding hydrogens is 661 g/mol. The average molecular weight is 705 g/mol. The number of likely N-dealkylation sites (tertiary alicyclic amines) is 1. The summed E-state index contributed by atoms with van der Waals surface area (Å²) in [5, 5.41) is 17.7. The monoisotopic (exact) mass is 704 g/mol. The second kappa shape index (κ2) is 16.1. The van der Waals surface area contributed by atoms with Crippen LogP contribution in [0.2, 0.25) is 0 Å². The molecule has 10 nitrogen and oxygen atoms in total. The molecule has 0 unspecified atom stereocenters. The summed E-state index contributed by atoms with van der Waals surface area (Å²) in [5.74, 6) is 0.0681. The van der Waals surface area contributed by atoms with Crippen molar-refractivity contribution in [1.82, 2.24) is 19.5 Å². The van der Waals surface area contributed by atoms with Crippen LogP contribution in [0.15, 0.2) is 89.1 Å². The van der Waals surface area contributed by atoms with E-state index in [1.165, 1.54) is 23.5 Å². The Bertz CT molecular complexity index is 1830. The maximum Gasteiger partial charge on any atom is 0.253 e. The van der Waals surface area contributed by atoms with Crippen molar-refractivity contribution in [2.45, 2.75) is 56.6 Å². The van der Waals surface area contributed by atoms with Crippen molar-refractivity contribution < 1.29 is 27.9 Å². The standard InChI is InChI=1S/C37H44N4O6S2/c1-25(2)21-41(49(45,46)32-15-13-31(47-4)14-16-32)23-34(42)33(19-27-9-6-5-7-10-27)39-35(43)28-11-8-12-29(20-28)37(44)40-18-17-30(22-40)36-38-26(3)24-48-36/h5-16,20,24-25,30,33-34,42H,17-19,21-23H2,1-4H3,(H,39,43)/t30-,33+,34-/m1/s1. The van der Waals surface area contributed by atoms with Crippen molar-refractivity contribution in [3.63, 3.8) is 0 Å². The van der Waals surface area contributed by atoms with E-state index in [2.05, 4.69) is 10.3 Å². The number of aliphatic hydroxyl groups excluding tert-OH is 1. The number of aryl methyl sites for hydroxylation is 1. The lowest BCUT2D eigenvalue weighted by molar-refractivity contribution is 0.0775. The molecule has 0 spiro atoms. The minimum Gasteiger partial charge on any atom is -0.497 e. The lowest BCUT2D eigenvalue weighted by Crippen LogP contribution is -2.51. The van der Waals surface area contributed by atoms with E-state index in [-0.39, 0.29) is 47.7 Å². The maximum absolute atomic E-state index is 13.8. The fraction of sp³-hybridized carbons (Fsp3) is 0.378. The third-order valence-electron chi connectivity index (χ3n) is 8.57. The largest absolute Gasteiger partial charge is 0.497 e. The lowest BCUT2D eigenvalue weighted by Gasteiger charge is -2.31. The van der Waals surface area contributed by atoms with Gasteiger partial charge in [0, 0.05) is 54.3 Å². The fourth-order valence-electron chi connectivity index (χ4n) is 6.00. The van der Waals surface area contributed by atoms with Crippen molar-refractivity contribution in [2.75, 3.05) is 33.3 Å². The minimum atomic E-state index is -3.99. The minimum absolute atomic E-state index is 0.0285. The van der Waals surface area contributed by atoms with E-state index in [0.717, 1.165) is 22.7 Å². The van der Waals surface area contributed by atoms with E-state index < -0.39 is 28.1 Å². The molecule has 0 saturated carbocycles. The Morgan fingerprint density at radius 1 is 1.04 bits per heavy atom. The van der Waals surface area contributed by atoms with Crippen molar-refractivity contribution in [3.05, 3.63) is 112 Å². The van der Waals surface area contributed by atoms with Crippen molar-refractivity contribution in [2.24, 2.45) is 5.92 Å². The third-order valence-corrected chi connectivity index (χ3v) is 11.5. The number of carbonyl (C=O) groups excluding carboxylic acids is 2. The number of benzene rings is 3. The Morgan fingerprint density at radius 2 is 1.76 bits per heavy atom. The van der Waals surface area contributed by atoms with Gasteiger partial charge in [-0.3, -0.25) is 9.59 Å². The van der Waals surface area contributed by atoms with Crippen LogP contribution in [0.3, 0.4) is 0 Å². The average Bonchev–Trinajstić information content (AvgIpc) is 3.77. The van der Waals surface area contributed by atoms with Gasteiger partial charge in [-0.15, -0.1) is 11.3 Å². The normalized spacial score (nSPS) is 16.1. The number of thiazole rings is 1. The molecule has 12 heteroatoms. The summed E-state index contributed by atoms with van der Waals surface area (Å²) in [4.78, 5) is 33.7. The van der Waals surface area contributed by atoms with Gasteiger partial charge in [0.1, 0.15) is 5.75 Å². The summed E-state index contributed by atoms with van der Waals surface area (Å²) in [6, 6.07) is 21.3. The highest BCUT2D eigenvalue weighted by Gasteiger charge is 2.33. The SMILES string of the molecule is COc1ccc(S(=O)(=O)N(CC(C)C)C[C@@H](O)[C@H](Cc2ccccc2)NC(=O)c2cccc(C(=O)N3CC[C@@H](c4nc(C)cs4)C3)c2)cc1. The molecule has 1 aromatic heterocycles. The Balaban J connectivity index is 1.34. The second-order valence-corrected chi connectivity index (χ2v) is 15.7. The highest BCUT2D eigenvalue weighted by atomic mass is 32.2. The van der Waals surface area contributed by atoms with Gasteiger partial charge in [-0.1, -0.05) is 50.2 Å². The summed E-state index contributed by atoms with van der Waals surface area (Å²) in [6.07, 6.45) is -0.160. The zero-order valence-electron chi connectivity index (χ0n) is 28.3. The molecule has 1 aliphatic rings. The quantitative estimate of drug-likeness (QED) is 0.186. The molecule has 2 heterocycles. The number of hydrogen-bond donors (Lipinski definition) is 2. The Labute approximate surface area is 292 Å². The van der Waals surface area contributed by atoms with Crippen LogP contribution >= 0.6 is 11.3 Å². The molecule has 0 bridgehead atoms. The van der Waals surface area contributed by atoms with Crippen LogP contribution in [0.5, 0.6) is 5.75 Å². The van der Waals surface area contributed by atoms with Crippen LogP contribution < -0.4 is 10.1 Å². The molecule has 4 aromatic rings. The number of carbonyl (C=O) groups is 2. The molecule has 3 aromatic carbocycles. The third kappa shape index (κ3) is 9.13. The molecule has 1 saturated heterocycles. The van der Waals surface area contributed by atoms with Gasteiger partial charge in [0.15, 0.2) is 0 Å². The molecular formula is C37H44N4O6S2. The smallest absolute Gasteiger partial charge is 0.253 e. The summed E-state index contributed by atoms with van der Waals surface area (Å²) in [6.45, 7) is 6.88. The van der Waals surface area contributed by atoms with Gasteiger partial charge < -0.3 is 20.1 Å². The van der Waals surface area contributed by atoms with E-state index in [0.29, 0.717) is 24.4 Å². The van der Waals surface area contributed by atoms with Crippen LogP contribution in [-0.4, -0.2) is 85.0 Å². The Hall–Kier alpha value is -4.10. The molecule has 1 aliphatic heterocycles. The fourth-order valence-corrected chi connectivity index (χ4v) is 8.54. The molecule has 2 N–H and O–H groups in total. The van der Waals surface area contributed by atoms with Crippen molar-refractivity contribution in [1.29, 1.82) is 0 Å². The molecule has 5 rings (SSSR count). The molecule has 2 amide bonds. The highest BCUT2D eigenvalue weighted by Crippen LogP contribution is 2.30. The molecule has 3 atom stereocenters. The van der Waals surface area contributed by atoms with Crippen molar-refractivity contribution >= 4 is 33.2 Å². The molecule has 1 fully saturated rings. The number of sulfonamides is 1. The first-order valence-corrected chi connectivity index (χ1v) is 18.7. The van der Waals surface area contributed by atoms with E-state index in [4.69, 9.17) is 4.74 Å². The summed E-state index contributed by atoms with van der Waals surface area (Å²) in [5.41, 5.74) is 2.51. The predicted octanol–water partition coefficient (Wildman–Crippen LogP) is 5.14. The number of amides is 2. The van der Waals surface area contributed by atoms with Crippen LogP contribution in [-0.2, 0) is 16.4 Å². The zero-order valence-corrected chi connectivity index (χ0v) is 29.9. The number of ether oxygens (including phenoxy) is 1. The number of methoxy groups -OCH3 is 1. The summed E-state index contributed by atoms with van der Waals surface area (Å²) in [7, 11) is -2.48. The number of aliphatic hydroxyl groups is 1. The molecule has 0 radical (unpaired) electrons. The second-order valence-electron chi connectivity index (χ2n) is 12.9. The number of rotatable bonds is 14. The van der Waals surface area contributed by atoms with Gasteiger partial charge in [0.25, 0.3) is 11.8 Å². The van der Waals surface area contributed by atoms with Gasteiger partial charge in [-0.25, -0.2) is 13.4 Å². The number of hydrogen-bond acceptors (Lipinski definition) is 8. The Kier molecular flexibility index (Phi) is 11.9. The van der Waals surface area contributed by atoms with Crippen molar-refractivity contribution in [3.8, 4) is 5.75 Å². The highest BCUT2D eigenvalue weighted by molar-refractivity contribution is 7.89. The Morgan fingerprint density at radius 3 is 2.41 bits per heavy atom. The van der Waals surface area contributed by atoms with Crippen LogP contribution in [0.25, 0.3) is 0 Å². The maximum atomic E-state index is 13.8. The molecule has 0 aliphatic carbocycles. The summed E-state index contributed by atoms with van der Waals surface area (Å²) < 4.78 is 34.0. The van der Waals surface area contributed by atoms with Crippen LogP contribution in [0.4, 0.5) is 0 Å². The van der Waals surface area contributed by atoms with E-state index >= 15 is 0 Å². The van der Waals surface area contributed by atoms with Gasteiger partial charge >= 0.3 is 0 Å². The van der Waals surface area contributed by atoms with Crippen LogP contribution in [0.1, 0.15) is 63.2 Å². The van der Waals surface area contributed by atoms with E-state index in [1.807, 2.05) is 56.5 Å². The van der Waals surface area contributed by atoms with Gasteiger partial charge in [0.2, 0.25) is 10.0 Å².